The number of fused-ring (bicyclic) bond motifs is 1. The number of piperidine rings is 1. The number of hydrogen-bond donors (Lipinski definition) is 7. The van der Waals surface area contributed by atoms with Gasteiger partial charge in [0.25, 0.3) is 0 Å². The zero-order chi connectivity index (χ0) is 22.3. The highest BCUT2D eigenvalue weighted by Gasteiger charge is 2.53. The van der Waals surface area contributed by atoms with Crippen molar-refractivity contribution in [3.63, 3.8) is 0 Å². The quantitative estimate of drug-likeness (QED) is 0.0380. The molecule has 0 aromatic carbocycles. The zero-order valence-corrected chi connectivity index (χ0v) is 17.5. The van der Waals surface area contributed by atoms with Crippen LogP contribution in [0.3, 0.4) is 0 Å². The molecule has 1 aliphatic heterocycles. The van der Waals surface area contributed by atoms with Crippen molar-refractivity contribution in [2.24, 2.45) is 34.2 Å². The van der Waals surface area contributed by atoms with E-state index in [4.69, 9.17) is 16.3 Å². The van der Waals surface area contributed by atoms with Crippen molar-refractivity contribution in [2.45, 2.75) is 63.7 Å². The molecule has 29 heavy (non-hydrogen) atoms. The number of carbonyl (C=O) groups is 2. The number of aldehydes is 1. The molecular weight excluding hydrogens is 380 g/mol. The molecule has 0 amide bonds. The molecule has 170 valence electrons. The first-order valence-electron chi connectivity index (χ1n) is 10.0. The maximum absolute atomic E-state index is 12.0. The molecular formula is C18H38N6O5. The van der Waals surface area contributed by atoms with Gasteiger partial charge in [0.05, 0.1) is 6.61 Å². The first kappa shape index (κ1) is 27.2. The number of hydrazine groups is 1. The third-order valence-electron chi connectivity index (χ3n) is 4.98. The summed E-state index contributed by atoms with van der Waals surface area (Å²) in [6.45, 7) is 2.64. The molecule has 1 saturated heterocycles. The highest BCUT2D eigenvalue weighted by atomic mass is 16.5. The van der Waals surface area contributed by atoms with Crippen LogP contribution < -0.4 is 28.2 Å². The van der Waals surface area contributed by atoms with Gasteiger partial charge in [-0.2, -0.15) is 5.10 Å². The number of hydrogen-bond acceptors (Lipinski definition) is 10. The number of nitrogens with two attached hydrogens (primary N) is 3. The van der Waals surface area contributed by atoms with E-state index in [1.165, 1.54) is 7.05 Å². The number of nitrogens with one attached hydrogen (secondary N) is 2. The van der Waals surface area contributed by atoms with Gasteiger partial charge in [0, 0.05) is 18.8 Å². The van der Waals surface area contributed by atoms with Gasteiger partial charge in [0.2, 0.25) is 0 Å². The molecule has 1 aliphatic carbocycles. The minimum atomic E-state index is -2.05. The summed E-state index contributed by atoms with van der Waals surface area (Å²) in [4.78, 5) is 22.1. The van der Waals surface area contributed by atoms with E-state index in [1.807, 2.05) is 6.92 Å². The van der Waals surface area contributed by atoms with Crippen LogP contribution in [0.4, 0.5) is 0 Å². The van der Waals surface area contributed by atoms with Gasteiger partial charge in [0.15, 0.2) is 11.8 Å². The molecule has 0 spiro atoms. The summed E-state index contributed by atoms with van der Waals surface area (Å²) in [5.74, 6) is 2.54. The van der Waals surface area contributed by atoms with Crippen LogP contribution in [0.2, 0.25) is 0 Å². The van der Waals surface area contributed by atoms with Crippen molar-refractivity contribution in [2.75, 3.05) is 20.2 Å². The van der Waals surface area contributed by atoms with Crippen molar-refractivity contribution in [1.82, 2.24) is 10.9 Å². The molecule has 0 aromatic rings. The lowest BCUT2D eigenvalue weighted by Crippen LogP contribution is -2.67. The number of amidine groups is 1. The van der Waals surface area contributed by atoms with Crippen LogP contribution in [0.1, 0.15) is 51.9 Å². The van der Waals surface area contributed by atoms with Crippen molar-refractivity contribution in [1.29, 1.82) is 0 Å². The topological polar surface area (TPSA) is 198 Å². The summed E-state index contributed by atoms with van der Waals surface area (Å²) in [5.41, 5.74) is 11.8. The Morgan fingerprint density at radius 3 is 2.55 bits per heavy atom. The number of nitrogens with zero attached hydrogens (tertiary/aromatic N) is 1. The number of hydrazone groups is 1. The molecule has 2 fully saturated rings. The maximum atomic E-state index is 12.0. The van der Waals surface area contributed by atoms with E-state index in [0.29, 0.717) is 25.2 Å². The van der Waals surface area contributed by atoms with E-state index in [0.717, 1.165) is 38.4 Å². The van der Waals surface area contributed by atoms with Gasteiger partial charge >= 0.3 is 5.97 Å². The lowest BCUT2D eigenvalue weighted by atomic mass is 9.70. The van der Waals surface area contributed by atoms with Gasteiger partial charge in [0.1, 0.15) is 12.1 Å². The number of rotatable bonds is 7. The minimum Gasteiger partial charge on any atom is -0.464 e. The van der Waals surface area contributed by atoms with E-state index in [1.54, 1.807) is 0 Å². The Labute approximate surface area is 172 Å². The van der Waals surface area contributed by atoms with Crippen LogP contribution in [-0.2, 0) is 14.3 Å². The number of aliphatic hydroxyl groups is 2. The maximum Gasteiger partial charge on any atom is 0.328 e. The molecule has 2 rings (SSSR count). The SMILES string of the molecule is CC/C(N)=N/NN.CN.O=CCCCOC(=O)C1NCC2CCCCC2C1(O)O. The minimum absolute atomic E-state index is 0.125. The number of esters is 1. The van der Waals surface area contributed by atoms with Gasteiger partial charge < -0.3 is 31.2 Å². The third-order valence-corrected chi connectivity index (χ3v) is 4.98. The second-order valence-electron chi connectivity index (χ2n) is 6.84. The standard InChI is InChI=1S/C14H23NO5.C3H10N4.CH5N/c16-7-3-4-8-20-13(17)12-14(18,19)11-6-2-1-5-10(11)9-15-12;1-2-3(4)6-7-5;1-2/h7,10-12,15,18-19H,1-6,8-9H2;7H,2,5H2,1H3,(H2,4,6);2H2,1H3. The molecule has 1 saturated carbocycles. The molecule has 0 aromatic heterocycles. The average molecular weight is 419 g/mol. The fourth-order valence-electron chi connectivity index (χ4n) is 3.49. The molecule has 0 radical (unpaired) electrons. The predicted molar refractivity (Wildman–Crippen MR) is 110 cm³/mol. The first-order valence-corrected chi connectivity index (χ1v) is 10.0. The van der Waals surface area contributed by atoms with Crippen LogP contribution in [0.5, 0.6) is 0 Å². The van der Waals surface area contributed by atoms with Gasteiger partial charge in [-0.15, -0.1) is 0 Å². The Morgan fingerprint density at radius 2 is 2.00 bits per heavy atom. The normalized spacial score (nSPS) is 25.2. The van der Waals surface area contributed by atoms with Crippen molar-refractivity contribution >= 4 is 18.1 Å². The number of ether oxygens (including phenoxy) is 1. The number of carbonyl (C=O) groups excluding carboxylic acids is 2. The smallest absolute Gasteiger partial charge is 0.328 e. The Balaban J connectivity index is 0.000000740. The largest absolute Gasteiger partial charge is 0.464 e. The second-order valence-corrected chi connectivity index (χ2v) is 6.84. The zero-order valence-electron chi connectivity index (χ0n) is 17.5. The Hall–Kier alpha value is -1.79. The van der Waals surface area contributed by atoms with Crippen molar-refractivity contribution in [3.05, 3.63) is 0 Å². The summed E-state index contributed by atoms with van der Waals surface area (Å²) < 4.78 is 5.02. The summed E-state index contributed by atoms with van der Waals surface area (Å²) in [5, 5.41) is 27.0. The van der Waals surface area contributed by atoms with Gasteiger partial charge in [-0.05, 0) is 38.8 Å². The summed E-state index contributed by atoms with van der Waals surface area (Å²) in [6, 6.07) is -1.10. The van der Waals surface area contributed by atoms with Crippen molar-refractivity contribution in [3.8, 4) is 0 Å². The summed E-state index contributed by atoms with van der Waals surface area (Å²) >= 11 is 0. The average Bonchev–Trinajstić information content (AvgIpc) is 2.73. The lowest BCUT2D eigenvalue weighted by Gasteiger charge is -2.47. The van der Waals surface area contributed by atoms with Gasteiger partial charge in [-0.25, -0.2) is 11.4 Å². The fourth-order valence-corrected chi connectivity index (χ4v) is 3.49. The molecule has 3 unspecified atom stereocenters. The predicted octanol–water partition coefficient (Wildman–Crippen LogP) is -1.33. The van der Waals surface area contributed by atoms with E-state index in [-0.39, 0.29) is 18.4 Å². The molecule has 1 heterocycles. The van der Waals surface area contributed by atoms with Gasteiger partial charge in [-0.1, -0.05) is 19.8 Å². The molecule has 2 aliphatic rings. The van der Waals surface area contributed by atoms with Crippen LogP contribution in [0.25, 0.3) is 0 Å². The molecule has 11 heteroatoms. The fraction of sp³-hybridized carbons (Fsp3) is 0.833. The summed E-state index contributed by atoms with van der Waals surface area (Å²) in [7, 11) is 1.50. The Morgan fingerprint density at radius 1 is 1.34 bits per heavy atom. The Bertz CT molecular complexity index is 503. The molecule has 10 N–H and O–H groups in total. The Kier molecular flexibility index (Phi) is 14.2. The summed E-state index contributed by atoms with van der Waals surface area (Å²) in [6.07, 6.45) is 6.03. The highest BCUT2D eigenvalue weighted by molar-refractivity contribution is 5.79. The van der Waals surface area contributed by atoms with Gasteiger partial charge in [-0.3, -0.25) is 10.1 Å². The van der Waals surface area contributed by atoms with Crippen molar-refractivity contribution < 1.29 is 24.5 Å². The molecule has 3 atom stereocenters. The second kappa shape index (κ2) is 15.1. The third kappa shape index (κ3) is 9.05. The lowest BCUT2D eigenvalue weighted by molar-refractivity contribution is -0.253. The van der Waals surface area contributed by atoms with E-state index in [2.05, 4.69) is 21.7 Å². The highest BCUT2D eigenvalue weighted by Crippen LogP contribution is 2.40. The van der Waals surface area contributed by atoms with E-state index >= 15 is 0 Å². The van der Waals surface area contributed by atoms with Crippen LogP contribution in [0, 0.1) is 11.8 Å². The van der Waals surface area contributed by atoms with Crippen LogP contribution >= 0.6 is 0 Å². The first-order chi connectivity index (χ1) is 13.9. The van der Waals surface area contributed by atoms with Crippen LogP contribution in [0.15, 0.2) is 5.10 Å². The van der Waals surface area contributed by atoms with E-state index in [9.17, 15) is 19.8 Å². The molecule has 11 nitrogen and oxygen atoms in total. The molecule has 0 bridgehead atoms. The van der Waals surface area contributed by atoms with Crippen LogP contribution in [-0.4, -0.2) is 60.3 Å². The monoisotopic (exact) mass is 418 g/mol. The van der Waals surface area contributed by atoms with E-state index < -0.39 is 17.8 Å². The number of unbranched alkanes of at least 4 members (excludes halogenated alkanes) is 1.